The Bertz CT molecular complexity index is 2930. The van der Waals surface area contributed by atoms with Crippen molar-refractivity contribution in [1.29, 1.82) is 0 Å². The number of allylic oxidation sites excluding steroid dienone is 2. The van der Waals surface area contributed by atoms with Gasteiger partial charge in [-0.05, 0) is 72.9 Å². The molecule has 9 aromatic rings. The molecule has 0 radical (unpaired) electrons. The van der Waals surface area contributed by atoms with Crippen LogP contribution in [0, 0.1) is 0 Å². The highest BCUT2D eigenvalue weighted by molar-refractivity contribution is 6.12. The second kappa shape index (κ2) is 11.5. The topological polar surface area (TPSA) is 48.5 Å². The zero-order valence-corrected chi connectivity index (χ0v) is 28.4. The van der Waals surface area contributed by atoms with E-state index in [0.717, 1.165) is 46.9 Å². The van der Waals surface area contributed by atoms with Crippen molar-refractivity contribution in [2.45, 2.75) is 25.2 Å². The maximum Gasteiger partial charge on any atom is 0.237 e. The van der Waals surface area contributed by atoms with Crippen LogP contribution in [0.15, 0.2) is 146 Å². The van der Waals surface area contributed by atoms with Crippen LogP contribution in [0.4, 0.5) is 0 Å². The third-order valence-corrected chi connectivity index (χ3v) is 11.0. The Morgan fingerprint density at radius 3 is 2.19 bits per heavy atom. The van der Waals surface area contributed by atoms with E-state index < -0.39 is 0 Å². The van der Waals surface area contributed by atoms with Crippen molar-refractivity contribution >= 4 is 55.9 Å². The van der Waals surface area contributed by atoms with Crippen LogP contribution in [0.2, 0.25) is 0 Å². The largest absolute Gasteiger partial charge is 0.313 e. The molecule has 0 saturated carbocycles. The lowest BCUT2D eigenvalue weighted by molar-refractivity contribution is 0.768. The second-order valence-corrected chi connectivity index (χ2v) is 13.9. The second-order valence-electron chi connectivity index (χ2n) is 13.9. The predicted octanol–water partition coefficient (Wildman–Crippen LogP) is 11.0. The van der Waals surface area contributed by atoms with E-state index in [-0.39, 0.29) is 5.92 Å². The highest BCUT2D eigenvalue weighted by Gasteiger charge is 2.29. The molecule has 0 saturated heterocycles. The molecule has 0 fully saturated rings. The number of benzene rings is 5. The van der Waals surface area contributed by atoms with Crippen molar-refractivity contribution in [1.82, 2.24) is 24.1 Å². The lowest BCUT2D eigenvalue weighted by Gasteiger charge is -2.26. The summed E-state index contributed by atoms with van der Waals surface area (Å²) in [5.74, 6) is 0.872. The minimum Gasteiger partial charge on any atom is -0.313 e. The van der Waals surface area contributed by atoms with Crippen LogP contribution in [0.3, 0.4) is 0 Å². The van der Waals surface area contributed by atoms with Gasteiger partial charge in [-0.1, -0.05) is 109 Å². The average molecular weight is 668 g/mol. The molecular weight excluding hydrogens is 635 g/mol. The first-order chi connectivity index (χ1) is 25.8. The van der Waals surface area contributed by atoms with Crippen molar-refractivity contribution in [2.24, 2.45) is 0 Å². The monoisotopic (exact) mass is 667 g/mol. The van der Waals surface area contributed by atoms with E-state index >= 15 is 0 Å². The van der Waals surface area contributed by atoms with Crippen LogP contribution < -0.4 is 0 Å². The molecule has 5 nitrogen and oxygen atoms in total. The first-order valence-corrected chi connectivity index (χ1v) is 18.1. The van der Waals surface area contributed by atoms with Gasteiger partial charge < -0.3 is 4.57 Å². The molecule has 2 aliphatic rings. The number of para-hydroxylation sites is 3. The van der Waals surface area contributed by atoms with Gasteiger partial charge in [-0.15, -0.1) is 0 Å². The Kier molecular flexibility index (Phi) is 6.44. The van der Waals surface area contributed by atoms with Crippen LogP contribution in [-0.2, 0) is 12.8 Å². The zero-order chi connectivity index (χ0) is 34.2. The maximum absolute atomic E-state index is 5.33. The molecule has 0 N–H and O–H groups in total. The Morgan fingerprint density at radius 1 is 0.615 bits per heavy atom. The van der Waals surface area contributed by atoms with E-state index in [1.165, 1.54) is 55.3 Å². The molecule has 0 amide bonds. The molecule has 246 valence electrons. The van der Waals surface area contributed by atoms with Gasteiger partial charge in [0.2, 0.25) is 5.95 Å². The van der Waals surface area contributed by atoms with E-state index in [9.17, 15) is 0 Å². The van der Waals surface area contributed by atoms with Crippen molar-refractivity contribution < 1.29 is 0 Å². The number of nitrogens with zero attached hydrogens (tertiary/aromatic N) is 5. The number of rotatable bonds is 4. The third kappa shape index (κ3) is 4.32. The van der Waals surface area contributed by atoms with Crippen LogP contribution in [0.1, 0.15) is 40.3 Å². The van der Waals surface area contributed by atoms with E-state index in [4.69, 9.17) is 15.0 Å². The summed E-state index contributed by atoms with van der Waals surface area (Å²) in [6, 6.07) is 45.2. The maximum atomic E-state index is 5.33. The normalized spacial score (nSPS) is 15.1. The highest BCUT2D eigenvalue weighted by Crippen LogP contribution is 2.44. The van der Waals surface area contributed by atoms with Crippen molar-refractivity contribution in [3.63, 3.8) is 0 Å². The average Bonchev–Trinajstić information content (AvgIpc) is 3.73. The van der Waals surface area contributed by atoms with Crippen LogP contribution >= 0.6 is 0 Å². The molecule has 11 rings (SSSR count). The van der Waals surface area contributed by atoms with Crippen LogP contribution in [0.25, 0.3) is 78.8 Å². The SMILES string of the molecule is C1=Cc2c(c(C3C=Cc4c(n(-c5ccccc5)c5ccccc45)C3)cc3c4ccccc4n(-c4nc(-c5ccccc5)c5cccnc5n4)c23)CC1. The highest BCUT2D eigenvalue weighted by atomic mass is 15.2. The summed E-state index contributed by atoms with van der Waals surface area (Å²) in [6.45, 7) is 0. The summed E-state index contributed by atoms with van der Waals surface area (Å²) in [7, 11) is 0. The van der Waals surface area contributed by atoms with E-state index in [2.05, 4.69) is 149 Å². The summed E-state index contributed by atoms with van der Waals surface area (Å²) in [6.07, 6.45) is 14.3. The number of pyridine rings is 1. The smallest absolute Gasteiger partial charge is 0.237 e. The molecular formula is C47H33N5. The zero-order valence-electron chi connectivity index (χ0n) is 28.4. The third-order valence-electron chi connectivity index (χ3n) is 11.0. The molecule has 1 atom stereocenters. The summed E-state index contributed by atoms with van der Waals surface area (Å²) in [5, 5.41) is 4.67. The summed E-state index contributed by atoms with van der Waals surface area (Å²) in [5.41, 5.74) is 14.1. The quantitative estimate of drug-likeness (QED) is 0.188. The van der Waals surface area contributed by atoms with Crippen molar-refractivity contribution in [2.75, 3.05) is 0 Å². The summed E-state index contributed by atoms with van der Waals surface area (Å²) < 4.78 is 4.76. The molecule has 5 heteroatoms. The number of fused-ring (bicyclic) bond motifs is 9. The Morgan fingerprint density at radius 2 is 1.35 bits per heavy atom. The van der Waals surface area contributed by atoms with Gasteiger partial charge in [-0.2, -0.15) is 4.98 Å². The fourth-order valence-electron chi connectivity index (χ4n) is 8.79. The Labute approximate surface area is 300 Å². The fourth-order valence-corrected chi connectivity index (χ4v) is 8.79. The molecule has 0 aliphatic heterocycles. The van der Waals surface area contributed by atoms with Gasteiger partial charge in [0.1, 0.15) is 0 Å². The van der Waals surface area contributed by atoms with Gasteiger partial charge in [0, 0.05) is 61.7 Å². The predicted molar refractivity (Wildman–Crippen MR) is 213 cm³/mol. The lowest BCUT2D eigenvalue weighted by atomic mass is 9.80. The molecule has 0 bridgehead atoms. The standard InChI is InChI=1S/C47H33N5/c1-3-14-30(15-4-1)44-38-22-13-27-48-46(38)50-47(49-44)52-42-24-12-10-20-35(42)40-29-39(33-18-7-8-21-37(33)45(40)52)31-25-26-36-34-19-9-11-23-41(34)51(43(36)28-31)32-16-5-2-6-17-32/h1-6,8-17,19-27,29,31H,7,18,28H2. The molecule has 4 heterocycles. The molecule has 52 heavy (non-hydrogen) atoms. The van der Waals surface area contributed by atoms with Crippen LogP contribution in [-0.4, -0.2) is 24.1 Å². The molecule has 1 unspecified atom stereocenters. The summed E-state index contributed by atoms with van der Waals surface area (Å²) in [4.78, 5) is 15.2. The number of hydrogen-bond acceptors (Lipinski definition) is 3. The molecule has 5 aromatic carbocycles. The van der Waals surface area contributed by atoms with E-state index in [1.54, 1.807) is 0 Å². The Balaban J connectivity index is 1.15. The number of aromatic nitrogens is 5. The van der Waals surface area contributed by atoms with Gasteiger partial charge >= 0.3 is 0 Å². The first-order valence-electron chi connectivity index (χ1n) is 18.1. The van der Waals surface area contributed by atoms with Crippen molar-refractivity contribution in [3.05, 3.63) is 174 Å². The van der Waals surface area contributed by atoms with Gasteiger partial charge in [-0.25, -0.2) is 9.97 Å². The number of hydrogen-bond donors (Lipinski definition) is 0. The summed E-state index contributed by atoms with van der Waals surface area (Å²) >= 11 is 0. The molecule has 0 spiro atoms. The van der Waals surface area contributed by atoms with Gasteiger partial charge in [0.15, 0.2) is 5.65 Å². The minimum absolute atomic E-state index is 0.233. The molecule has 4 aromatic heterocycles. The first kappa shape index (κ1) is 29.2. The van der Waals surface area contributed by atoms with Crippen molar-refractivity contribution in [3.8, 4) is 22.9 Å². The van der Waals surface area contributed by atoms with Gasteiger partial charge in [-0.3, -0.25) is 4.57 Å². The fraction of sp³-hybridized carbons (Fsp3) is 0.0851. The van der Waals surface area contributed by atoms with Crippen LogP contribution in [0.5, 0.6) is 0 Å². The van der Waals surface area contributed by atoms with Gasteiger partial charge in [0.05, 0.1) is 22.2 Å². The van der Waals surface area contributed by atoms with E-state index in [1.807, 2.05) is 18.3 Å². The van der Waals surface area contributed by atoms with E-state index in [0.29, 0.717) is 11.6 Å². The Hall–Kier alpha value is -6.59. The van der Waals surface area contributed by atoms with Gasteiger partial charge in [0.25, 0.3) is 0 Å². The molecule has 2 aliphatic carbocycles. The lowest BCUT2D eigenvalue weighted by Crippen LogP contribution is -2.13. The minimum atomic E-state index is 0.233.